The minimum atomic E-state index is 0.671. The van der Waals surface area contributed by atoms with Gasteiger partial charge in [-0.05, 0) is 36.5 Å². The maximum atomic E-state index is 5.47. The van der Waals surface area contributed by atoms with Crippen LogP contribution < -0.4 is 14.8 Å². The van der Waals surface area contributed by atoms with E-state index < -0.39 is 0 Å². The second-order valence-electron chi connectivity index (χ2n) is 5.43. The molecule has 0 aliphatic rings. The molecule has 1 N–H and O–H groups in total. The standard InChI is InChI=1S/C19H24N2O2S2/c1-21(14-15-9-10-16(22-2)13-18(15)23-3)19(24)20-11-12-25-17-7-5-4-6-8-17/h4-10,13H,11-12,14H2,1-3H3,(H,20,24). The Bertz CT molecular complexity index is 680. The molecule has 2 aromatic carbocycles. The molecule has 2 rings (SSSR count). The van der Waals surface area contributed by atoms with Crippen LogP contribution in [0.2, 0.25) is 0 Å². The van der Waals surface area contributed by atoms with Crippen LogP contribution in [0, 0.1) is 0 Å². The van der Waals surface area contributed by atoms with Crippen molar-refractivity contribution in [3.8, 4) is 11.5 Å². The fraction of sp³-hybridized carbons (Fsp3) is 0.316. The minimum Gasteiger partial charge on any atom is -0.497 e. The minimum absolute atomic E-state index is 0.671. The van der Waals surface area contributed by atoms with E-state index in [0.29, 0.717) is 6.54 Å². The van der Waals surface area contributed by atoms with E-state index >= 15 is 0 Å². The molecule has 0 saturated heterocycles. The highest BCUT2D eigenvalue weighted by atomic mass is 32.2. The van der Waals surface area contributed by atoms with Crippen LogP contribution >= 0.6 is 24.0 Å². The van der Waals surface area contributed by atoms with Crippen LogP contribution in [0.15, 0.2) is 53.4 Å². The van der Waals surface area contributed by atoms with Crippen molar-refractivity contribution in [1.29, 1.82) is 0 Å². The van der Waals surface area contributed by atoms with Gasteiger partial charge in [0.2, 0.25) is 0 Å². The third kappa shape index (κ3) is 6.14. The lowest BCUT2D eigenvalue weighted by molar-refractivity contribution is 0.383. The Morgan fingerprint density at radius 3 is 2.56 bits per heavy atom. The van der Waals surface area contributed by atoms with Crippen LogP contribution in [-0.4, -0.2) is 43.6 Å². The Labute approximate surface area is 159 Å². The number of thiocarbonyl (C=S) groups is 1. The van der Waals surface area contributed by atoms with Gasteiger partial charge in [0.15, 0.2) is 5.11 Å². The molecule has 0 heterocycles. The van der Waals surface area contributed by atoms with E-state index in [0.717, 1.165) is 34.5 Å². The highest BCUT2D eigenvalue weighted by Crippen LogP contribution is 2.25. The molecule has 4 nitrogen and oxygen atoms in total. The quantitative estimate of drug-likeness (QED) is 0.429. The Balaban J connectivity index is 1.80. The lowest BCUT2D eigenvalue weighted by Crippen LogP contribution is -2.37. The van der Waals surface area contributed by atoms with Crippen LogP contribution in [-0.2, 0) is 6.54 Å². The number of thioether (sulfide) groups is 1. The summed E-state index contributed by atoms with van der Waals surface area (Å²) in [6.07, 6.45) is 0. The smallest absolute Gasteiger partial charge is 0.169 e. The molecule has 0 atom stereocenters. The van der Waals surface area contributed by atoms with Gasteiger partial charge < -0.3 is 19.7 Å². The van der Waals surface area contributed by atoms with Crippen LogP contribution in [0.5, 0.6) is 11.5 Å². The van der Waals surface area contributed by atoms with Gasteiger partial charge in [-0.15, -0.1) is 11.8 Å². The zero-order chi connectivity index (χ0) is 18.1. The van der Waals surface area contributed by atoms with Crippen LogP contribution in [0.4, 0.5) is 0 Å². The van der Waals surface area contributed by atoms with E-state index in [1.807, 2.05) is 48.0 Å². The average molecular weight is 377 g/mol. The van der Waals surface area contributed by atoms with Crippen molar-refractivity contribution in [2.24, 2.45) is 0 Å². The highest BCUT2D eigenvalue weighted by molar-refractivity contribution is 7.99. The summed E-state index contributed by atoms with van der Waals surface area (Å²) in [7, 11) is 5.28. The third-order valence-corrected chi connectivity index (χ3v) is 5.11. The Hall–Kier alpha value is -1.92. The zero-order valence-electron chi connectivity index (χ0n) is 14.8. The van der Waals surface area contributed by atoms with Gasteiger partial charge in [0.05, 0.1) is 14.2 Å². The van der Waals surface area contributed by atoms with E-state index in [1.54, 1.807) is 14.2 Å². The Morgan fingerprint density at radius 1 is 1.12 bits per heavy atom. The first-order valence-electron chi connectivity index (χ1n) is 8.01. The lowest BCUT2D eigenvalue weighted by atomic mass is 10.2. The summed E-state index contributed by atoms with van der Waals surface area (Å²) in [6.45, 7) is 1.49. The molecular formula is C19H24N2O2S2. The van der Waals surface area contributed by atoms with Crippen LogP contribution in [0.3, 0.4) is 0 Å². The normalized spacial score (nSPS) is 10.2. The molecule has 134 valence electrons. The predicted molar refractivity (Wildman–Crippen MR) is 109 cm³/mol. The maximum Gasteiger partial charge on any atom is 0.169 e. The molecule has 0 saturated carbocycles. The topological polar surface area (TPSA) is 33.7 Å². The van der Waals surface area contributed by atoms with Crippen molar-refractivity contribution >= 4 is 29.1 Å². The fourth-order valence-electron chi connectivity index (χ4n) is 2.29. The number of benzene rings is 2. The number of nitrogens with one attached hydrogen (secondary N) is 1. The molecule has 0 radical (unpaired) electrons. The summed E-state index contributed by atoms with van der Waals surface area (Å²) >= 11 is 7.29. The third-order valence-electron chi connectivity index (χ3n) is 3.64. The van der Waals surface area contributed by atoms with Gasteiger partial charge >= 0.3 is 0 Å². The van der Waals surface area contributed by atoms with Crippen molar-refractivity contribution in [3.05, 3.63) is 54.1 Å². The maximum absolute atomic E-state index is 5.47. The first kappa shape index (κ1) is 19.4. The first-order chi connectivity index (χ1) is 12.1. The summed E-state index contributed by atoms with van der Waals surface area (Å²) in [5, 5.41) is 4.03. The molecule has 0 spiro atoms. The van der Waals surface area contributed by atoms with Crippen molar-refractivity contribution in [2.45, 2.75) is 11.4 Å². The predicted octanol–water partition coefficient (Wildman–Crippen LogP) is 3.80. The SMILES string of the molecule is COc1ccc(CN(C)C(=S)NCCSc2ccccc2)c(OC)c1. The van der Waals surface area contributed by atoms with E-state index in [4.69, 9.17) is 21.7 Å². The van der Waals surface area contributed by atoms with E-state index in [2.05, 4.69) is 29.6 Å². The molecular weight excluding hydrogens is 352 g/mol. The lowest BCUT2D eigenvalue weighted by Gasteiger charge is -2.22. The molecule has 0 aromatic heterocycles. The number of methoxy groups -OCH3 is 2. The Kier molecular flexibility index (Phi) is 7.88. The summed E-state index contributed by atoms with van der Waals surface area (Å²) < 4.78 is 10.7. The van der Waals surface area contributed by atoms with Gasteiger partial charge in [-0.1, -0.05) is 18.2 Å². The summed E-state index contributed by atoms with van der Waals surface area (Å²) in [6, 6.07) is 16.2. The molecule has 25 heavy (non-hydrogen) atoms. The average Bonchev–Trinajstić information content (AvgIpc) is 2.66. The Morgan fingerprint density at radius 2 is 1.88 bits per heavy atom. The van der Waals surface area contributed by atoms with Gasteiger partial charge in [-0.25, -0.2) is 0 Å². The van der Waals surface area contributed by atoms with Crippen LogP contribution in [0.25, 0.3) is 0 Å². The van der Waals surface area contributed by atoms with E-state index in [-0.39, 0.29) is 0 Å². The number of rotatable bonds is 8. The zero-order valence-corrected chi connectivity index (χ0v) is 16.5. The number of hydrogen-bond donors (Lipinski definition) is 1. The molecule has 2 aromatic rings. The van der Waals surface area contributed by atoms with E-state index in [1.165, 1.54) is 4.90 Å². The molecule has 0 fully saturated rings. The monoisotopic (exact) mass is 376 g/mol. The van der Waals surface area contributed by atoms with Gasteiger partial charge in [0.25, 0.3) is 0 Å². The molecule has 0 amide bonds. The van der Waals surface area contributed by atoms with E-state index in [9.17, 15) is 0 Å². The highest BCUT2D eigenvalue weighted by Gasteiger charge is 2.10. The molecule has 0 aliphatic heterocycles. The van der Waals surface area contributed by atoms with Gasteiger partial charge in [0, 0.05) is 42.4 Å². The number of nitrogens with zero attached hydrogens (tertiary/aromatic N) is 1. The van der Waals surface area contributed by atoms with Crippen molar-refractivity contribution in [3.63, 3.8) is 0 Å². The van der Waals surface area contributed by atoms with Crippen molar-refractivity contribution < 1.29 is 9.47 Å². The van der Waals surface area contributed by atoms with Gasteiger partial charge in [-0.2, -0.15) is 0 Å². The molecule has 0 unspecified atom stereocenters. The second kappa shape index (κ2) is 10.2. The molecule has 0 aliphatic carbocycles. The number of hydrogen-bond acceptors (Lipinski definition) is 4. The molecule has 0 bridgehead atoms. The van der Waals surface area contributed by atoms with Crippen molar-refractivity contribution in [1.82, 2.24) is 10.2 Å². The largest absolute Gasteiger partial charge is 0.497 e. The molecule has 6 heteroatoms. The number of ether oxygens (including phenoxy) is 2. The van der Waals surface area contributed by atoms with Gasteiger partial charge in [-0.3, -0.25) is 0 Å². The summed E-state index contributed by atoms with van der Waals surface area (Å²) in [5.74, 6) is 2.54. The van der Waals surface area contributed by atoms with Crippen molar-refractivity contribution in [2.75, 3.05) is 33.6 Å². The second-order valence-corrected chi connectivity index (χ2v) is 6.98. The first-order valence-corrected chi connectivity index (χ1v) is 9.41. The summed E-state index contributed by atoms with van der Waals surface area (Å²) in [5.41, 5.74) is 1.06. The van der Waals surface area contributed by atoms with Crippen LogP contribution in [0.1, 0.15) is 5.56 Å². The van der Waals surface area contributed by atoms with Gasteiger partial charge in [0.1, 0.15) is 11.5 Å². The fourth-order valence-corrected chi connectivity index (χ4v) is 3.24. The summed E-state index contributed by atoms with van der Waals surface area (Å²) in [4.78, 5) is 3.28.